The second-order valence-electron chi connectivity index (χ2n) is 6.88. The van der Waals surface area contributed by atoms with Gasteiger partial charge < -0.3 is 13.6 Å². The molecule has 5 rings (SSSR count). The summed E-state index contributed by atoms with van der Waals surface area (Å²) in [6, 6.07) is 21.5. The van der Waals surface area contributed by atoms with Gasteiger partial charge in [0.15, 0.2) is 0 Å². The zero-order valence-corrected chi connectivity index (χ0v) is 18.1. The van der Waals surface area contributed by atoms with Crippen LogP contribution in [0.3, 0.4) is 0 Å². The number of nitrogens with zero attached hydrogens (tertiary/aromatic N) is 2. The summed E-state index contributed by atoms with van der Waals surface area (Å²) >= 11 is 7.52. The molecular weight excluding hydrogens is 432 g/mol. The molecule has 0 bridgehead atoms. The Labute approximate surface area is 188 Å². The fraction of sp³-hybridized carbons (Fsp3) is 0.0833. The van der Waals surface area contributed by atoms with E-state index in [0.717, 1.165) is 39.0 Å². The van der Waals surface area contributed by atoms with Gasteiger partial charge in [0.2, 0.25) is 5.89 Å². The molecule has 0 spiro atoms. The molecule has 2 heterocycles. The summed E-state index contributed by atoms with van der Waals surface area (Å²) in [5, 5.41) is 10.6. The average Bonchev–Trinajstić information content (AvgIpc) is 3.45. The molecule has 0 aliphatic heterocycles. The lowest BCUT2D eigenvalue weighted by atomic mass is 10.0. The van der Waals surface area contributed by atoms with E-state index >= 15 is 0 Å². The number of hydrogen-bond donors (Lipinski definition) is 0. The van der Waals surface area contributed by atoms with Crippen LogP contribution in [0.15, 0.2) is 87.1 Å². The fourth-order valence-electron chi connectivity index (χ4n) is 3.31. The zero-order chi connectivity index (χ0) is 21.2. The summed E-state index contributed by atoms with van der Waals surface area (Å²) in [5.74, 6) is 1.98. The van der Waals surface area contributed by atoms with E-state index < -0.39 is 0 Å². The standard InChI is InChI=1S/C24H17ClN2O3S/c1-28-19-8-5-16(6-9-19)21-13-29-22-10-7-17(12-20(21)22)23-26-27-24(30-23)31-14-15-3-2-4-18(25)11-15/h2-13H,14H2,1H3. The number of aromatic nitrogens is 2. The monoisotopic (exact) mass is 448 g/mol. The summed E-state index contributed by atoms with van der Waals surface area (Å²) in [7, 11) is 1.65. The molecule has 0 atom stereocenters. The van der Waals surface area contributed by atoms with Gasteiger partial charge in [-0.1, -0.05) is 47.6 Å². The van der Waals surface area contributed by atoms with Crippen molar-refractivity contribution in [3.63, 3.8) is 0 Å². The number of ether oxygens (including phenoxy) is 1. The second-order valence-corrected chi connectivity index (χ2v) is 8.24. The van der Waals surface area contributed by atoms with Crippen LogP contribution in [0.2, 0.25) is 5.02 Å². The van der Waals surface area contributed by atoms with Crippen LogP contribution in [0, 0.1) is 0 Å². The average molecular weight is 449 g/mol. The Bertz CT molecular complexity index is 1340. The van der Waals surface area contributed by atoms with Crippen LogP contribution >= 0.6 is 23.4 Å². The highest BCUT2D eigenvalue weighted by molar-refractivity contribution is 7.98. The van der Waals surface area contributed by atoms with Gasteiger partial charge in [-0.05, 0) is 53.6 Å². The molecule has 2 aromatic heterocycles. The van der Waals surface area contributed by atoms with E-state index in [1.165, 1.54) is 11.8 Å². The van der Waals surface area contributed by atoms with E-state index in [2.05, 4.69) is 10.2 Å². The number of halogens is 1. The Morgan fingerprint density at radius 1 is 0.968 bits per heavy atom. The van der Waals surface area contributed by atoms with Gasteiger partial charge in [-0.2, -0.15) is 0 Å². The van der Waals surface area contributed by atoms with Gasteiger partial charge in [0, 0.05) is 27.3 Å². The van der Waals surface area contributed by atoms with Gasteiger partial charge >= 0.3 is 0 Å². The molecule has 154 valence electrons. The van der Waals surface area contributed by atoms with Gasteiger partial charge in [-0.25, -0.2) is 0 Å². The molecule has 0 radical (unpaired) electrons. The Morgan fingerprint density at radius 2 is 1.81 bits per heavy atom. The molecule has 5 aromatic rings. The second kappa shape index (κ2) is 8.49. The van der Waals surface area contributed by atoms with E-state index in [4.69, 9.17) is 25.2 Å². The predicted octanol–water partition coefficient (Wildman–Crippen LogP) is 7.10. The van der Waals surface area contributed by atoms with Crippen molar-refractivity contribution >= 4 is 34.3 Å². The van der Waals surface area contributed by atoms with Crippen LogP contribution in [0.1, 0.15) is 5.56 Å². The highest BCUT2D eigenvalue weighted by atomic mass is 35.5. The van der Waals surface area contributed by atoms with E-state index in [9.17, 15) is 0 Å². The van der Waals surface area contributed by atoms with Crippen molar-refractivity contribution in [3.05, 3.63) is 83.6 Å². The first-order chi connectivity index (χ1) is 15.2. The lowest BCUT2D eigenvalue weighted by Gasteiger charge is -2.02. The van der Waals surface area contributed by atoms with Crippen LogP contribution in [-0.2, 0) is 5.75 Å². The summed E-state index contributed by atoms with van der Waals surface area (Å²) < 4.78 is 16.9. The van der Waals surface area contributed by atoms with Crippen molar-refractivity contribution < 1.29 is 13.6 Å². The number of methoxy groups -OCH3 is 1. The number of rotatable bonds is 6. The van der Waals surface area contributed by atoms with Crippen molar-refractivity contribution in [1.82, 2.24) is 10.2 Å². The fourth-order valence-corrected chi connectivity index (χ4v) is 4.23. The molecule has 0 aliphatic rings. The molecular formula is C24H17ClN2O3S. The van der Waals surface area contributed by atoms with E-state index in [1.54, 1.807) is 13.4 Å². The van der Waals surface area contributed by atoms with Gasteiger partial charge in [0.1, 0.15) is 11.3 Å². The molecule has 3 aromatic carbocycles. The summed E-state index contributed by atoms with van der Waals surface area (Å²) in [6.45, 7) is 0. The van der Waals surface area contributed by atoms with Gasteiger partial charge in [0.05, 0.1) is 13.4 Å². The van der Waals surface area contributed by atoms with Gasteiger partial charge in [-0.15, -0.1) is 10.2 Å². The minimum Gasteiger partial charge on any atom is -0.497 e. The van der Waals surface area contributed by atoms with Crippen molar-refractivity contribution in [2.75, 3.05) is 7.11 Å². The van der Waals surface area contributed by atoms with Crippen LogP contribution in [0.5, 0.6) is 5.75 Å². The summed E-state index contributed by atoms with van der Waals surface area (Å²) in [6.07, 6.45) is 1.76. The van der Waals surface area contributed by atoms with E-state index in [0.29, 0.717) is 21.9 Å². The SMILES string of the molecule is COc1ccc(-c2coc3ccc(-c4nnc(SCc5cccc(Cl)c5)o4)cc23)cc1. The Balaban J connectivity index is 1.40. The number of benzene rings is 3. The van der Waals surface area contributed by atoms with Crippen LogP contribution in [0.4, 0.5) is 0 Å². The third kappa shape index (κ3) is 4.17. The molecule has 0 aliphatic carbocycles. The Kier molecular flexibility index (Phi) is 5.40. The molecule has 31 heavy (non-hydrogen) atoms. The first kappa shape index (κ1) is 19.7. The zero-order valence-electron chi connectivity index (χ0n) is 16.5. The van der Waals surface area contributed by atoms with Crippen molar-refractivity contribution in [2.45, 2.75) is 11.0 Å². The molecule has 0 saturated carbocycles. The maximum atomic E-state index is 6.05. The Hall–Kier alpha value is -3.22. The highest BCUT2D eigenvalue weighted by Crippen LogP contribution is 2.35. The molecule has 7 heteroatoms. The molecule has 0 fully saturated rings. The molecule has 0 unspecified atom stereocenters. The normalized spacial score (nSPS) is 11.2. The van der Waals surface area contributed by atoms with Crippen LogP contribution < -0.4 is 4.74 Å². The van der Waals surface area contributed by atoms with Gasteiger partial charge in [-0.3, -0.25) is 0 Å². The van der Waals surface area contributed by atoms with Crippen molar-refractivity contribution in [1.29, 1.82) is 0 Å². The van der Waals surface area contributed by atoms with Crippen molar-refractivity contribution in [2.24, 2.45) is 0 Å². The lowest BCUT2D eigenvalue weighted by Crippen LogP contribution is -1.82. The highest BCUT2D eigenvalue weighted by Gasteiger charge is 2.14. The van der Waals surface area contributed by atoms with Crippen LogP contribution in [0.25, 0.3) is 33.6 Å². The Morgan fingerprint density at radius 3 is 2.61 bits per heavy atom. The minimum absolute atomic E-state index is 0.470. The molecule has 0 N–H and O–H groups in total. The predicted molar refractivity (Wildman–Crippen MR) is 123 cm³/mol. The summed E-state index contributed by atoms with van der Waals surface area (Å²) in [5.41, 5.74) is 4.77. The van der Waals surface area contributed by atoms with E-state index in [1.807, 2.05) is 66.7 Å². The third-order valence-corrected chi connectivity index (χ3v) is 6.00. The third-order valence-electron chi connectivity index (χ3n) is 4.88. The van der Waals surface area contributed by atoms with Gasteiger partial charge in [0.25, 0.3) is 5.22 Å². The topological polar surface area (TPSA) is 61.3 Å². The maximum absolute atomic E-state index is 6.05. The minimum atomic E-state index is 0.470. The molecule has 5 nitrogen and oxygen atoms in total. The maximum Gasteiger partial charge on any atom is 0.277 e. The lowest BCUT2D eigenvalue weighted by molar-refractivity contribution is 0.415. The molecule has 0 saturated heterocycles. The van der Waals surface area contributed by atoms with E-state index in [-0.39, 0.29) is 0 Å². The number of furan rings is 1. The van der Waals surface area contributed by atoms with Crippen molar-refractivity contribution in [3.8, 4) is 28.3 Å². The number of hydrogen-bond acceptors (Lipinski definition) is 6. The van der Waals surface area contributed by atoms with Crippen LogP contribution in [-0.4, -0.2) is 17.3 Å². The number of fused-ring (bicyclic) bond motifs is 1. The quantitative estimate of drug-likeness (QED) is 0.258. The molecule has 0 amide bonds. The first-order valence-electron chi connectivity index (χ1n) is 9.56. The first-order valence-corrected chi connectivity index (χ1v) is 10.9. The smallest absolute Gasteiger partial charge is 0.277 e. The largest absolute Gasteiger partial charge is 0.497 e. The summed E-state index contributed by atoms with van der Waals surface area (Å²) in [4.78, 5) is 0. The number of thioether (sulfide) groups is 1.